The van der Waals surface area contributed by atoms with Gasteiger partial charge in [0.15, 0.2) is 0 Å². The number of carbonyl (C=O) groups excluding carboxylic acids is 1. The van der Waals surface area contributed by atoms with Gasteiger partial charge in [-0.25, -0.2) is 13.1 Å². The van der Waals surface area contributed by atoms with E-state index in [1.807, 2.05) is 0 Å². The lowest BCUT2D eigenvalue weighted by Gasteiger charge is -2.19. The molecule has 0 amide bonds. The highest BCUT2D eigenvalue weighted by Crippen LogP contribution is 2.19. The quantitative estimate of drug-likeness (QED) is 0.720. The highest BCUT2D eigenvalue weighted by molar-refractivity contribution is 7.88. The van der Waals surface area contributed by atoms with E-state index in [1.54, 1.807) is 0 Å². The fraction of sp³-hybridized carbons (Fsp3) is 0.875. The zero-order valence-electron chi connectivity index (χ0n) is 7.75. The Balaban J connectivity index is 2.40. The summed E-state index contributed by atoms with van der Waals surface area (Å²) in [5.74, 6) is 0.103. The van der Waals surface area contributed by atoms with Crippen LogP contribution in [0, 0.1) is 5.92 Å². The zero-order chi connectivity index (χ0) is 9.90. The van der Waals surface area contributed by atoms with Crippen molar-refractivity contribution in [1.82, 2.24) is 4.72 Å². The average Bonchev–Trinajstić information content (AvgIpc) is 2.01. The molecule has 76 valence electrons. The van der Waals surface area contributed by atoms with E-state index < -0.39 is 10.0 Å². The van der Waals surface area contributed by atoms with Gasteiger partial charge in [0.2, 0.25) is 10.0 Å². The molecule has 4 nitrogen and oxygen atoms in total. The highest BCUT2D eigenvalue weighted by atomic mass is 32.2. The van der Waals surface area contributed by atoms with E-state index in [-0.39, 0.29) is 18.2 Å². The van der Waals surface area contributed by atoms with Crippen molar-refractivity contribution in [2.45, 2.75) is 25.7 Å². The summed E-state index contributed by atoms with van der Waals surface area (Å²) in [5, 5.41) is 0. The average molecular weight is 205 g/mol. The van der Waals surface area contributed by atoms with Crippen molar-refractivity contribution in [1.29, 1.82) is 0 Å². The van der Waals surface area contributed by atoms with E-state index in [4.69, 9.17) is 0 Å². The van der Waals surface area contributed by atoms with E-state index >= 15 is 0 Å². The molecule has 1 atom stereocenters. The Kier molecular flexibility index (Phi) is 3.44. The number of nitrogens with one attached hydrogen (secondary N) is 1. The van der Waals surface area contributed by atoms with Crippen LogP contribution in [0.2, 0.25) is 0 Å². The number of carbonyl (C=O) groups is 1. The second kappa shape index (κ2) is 4.19. The summed E-state index contributed by atoms with van der Waals surface area (Å²) in [6.45, 7) is 0.275. The molecular weight excluding hydrogens is 190 g/mol. The van der Waals surface area contributed by atoms with Crippen LogP contribution in [0.3, 0.4) is 0 Å². The van der Waals surface area contributed by atoms with Gasteiger partial charge in [0.25, 0.3) is 0 Å². The van der Waals surface area contributed by atoms with Gasteiger partial charge in [-0.1, -0.05) is 6.42 Å². The molecule has 0 radical (unpaired) electrons. The van der Waals surface area contributed by atoms with E-state index in [1.165, 1.54) is 0 Å². The lowest BCUT2D eigenvalue weighted by molar-refractivity contribution is -0.124. The minimum atomic E-state index is -3.15. The van der Waals surface area contributed by atoms with Crippen molar-refractivity contribution in [3.05, 3.63) is 0 Å². The Morgan fingerprint density at radius 3 is 2.69 bits per heavy atom. The molecular formula is C8H15NO3S. The van der Waals surface area contributed by atoms with E-state index in [9.17, 15) is 13.2 Å². The number of sulfonamides is 1. The molecule has 1 aliphatic rings. The summed E-state index contributed by atoms with van der Waals surface area (Å²) in [7, 11) is -3.15. The first-order chi connectivity index (χ1) is 5.99. The first-order valence-electron chi connectivity index (χ1n) is 4.46. The SMILES string of the molecule is CS(=O)(=O)NCC1CCCCC1=O. The summed E-state index contributed by atoms with van der Waals surface area (Å²) in [6, 6.07) is 0. The van der Waals surface area contributed by atoms with Crippen LogP contribution in [0.5, 0.6) is 0 Å². The maximum absolute atomic E-state index is 11.3. The van der Waals surface area contributed by atoms with Crippen molar-refractivity contribution in [2.24, 2.45) is 5.92 Å². The van der Waals surface area contributed by atoms with Gasteiger partial charge in [0, 0.05) is 18.9 Å². The van der Waals surface area contributed by atoms with E-state index in [0.29, 0.717) is 6.42 Å². The van der Waals surface area contributed by atoms with Gasteiger partial charge in [-0.3, -0.25) is 4.79 Å². The molecule has 0 saturated heterocycles. The molecule has 1 unspecified atom stereocenters. The molecule has 0 aromatic rings. The van der Waals surface area contributed by atoms with Crippen molar-refractivity contribution in [3.63, 3.8) is 0 Å². The molecule has 5 heteroatoms. The van der Waals surface area contributed by atoms with Gasteiger partial charge in [-0.05, 0) is 12.8 Å². The van der Waals surface area contributed by atoms with Crippen LogP contribution in [0.15, 0.2) is 0 Å². The molecule has 0 aromatic carbocycles. The largest absolute Gasteiger partial charge is 0.299 e. The Morgan fingerprint density at radius 2 is 2.15 bits per heavy atom. The minimum Gasteiger partial charge on any atom is -0.299 e. The normalized spacial score (nSPS) is 24.7. The molecule has 0 spiro atoms. The van der Waals surface area contributed by atoms with Gasteiger partial charge in [0.05, 0.1) is 6.26 Å². The standard InChI is InChI=1S/C8H15NO3S/c1-13(11,12)9-6-7-4-2-3-5-8(7)10/h7,9H,2-6H2,1H3. The molecule has 0 heterocycles. The molecule has 0 bridgehead atoms. The molecule has 1 rings (SSSR count). The fourth-order valence-corrected chi connectivity index (χ4v) is 2.03. The van der Waals surface area contributed by atoms with Crippen LogP contribution in [-0.2, 0) is 14.8 Å². The Hall–Kier alpha value is -0.420. The monoisotopic (exact) mass is 205 g/mol. The van der Waals surface area contributed by atoms with Crippen LogP contribution in [0.4, 0.5) is 0 Å². The minimum absolute atomic E-state index is 0.0940. The number of hydrogen-bond acceptors (Lipinski definition) is 3. The van der Waals surface area contributed by atoms with Gasteiger partial charge < -0.3 is 0 Å². The molecule has 1 aliphatic carbocycles. The van der Waals surface area contributed by atoms with Crippen molar-refractivity contribution >= 4 is 15.8 Å². The Bertz CT molecular complexity index is 284. The number of Topliss-reactive ketones (excluding diaryl/α,β-unsaturated/α-hetero) is 1. The van der Waals surface area contributed by atoms with Crippen molar-refractivity contribution < 1.29 is 13.2 Å². The Morgan fingerprint density at radius 1 is 1.46 bits per heavy atom. The van der Waals surface area contributed by atoms with Crippen LogP contribution in [-0.4, -0.2) is 27.0 Å². The lowest BCUT2D eigenvalue weighted by atomic mass is 9.88. The summed E-state index contributed by atoms with van der Waals surface area (Å²) < 4.78 is 23.9. The molecule has 1 fully saturated rings. The lowest BCUT2D eigenvalue weighted by Crippen LogP contribution is -2.33. The van der Waals surface area contributed by atoms with Gasteiger partial charge >= 0.3 is 0 Å². The summed E-state index contributed by atoms with van der Waals surface area (Å²) in [5.41, 5.74) is 0. The van der Waals surface area contributed by atoms with Crippen LogP contribution < -0.4 is 4.72 Å². The highest BCUT2D eigenvalue weighted by Gasteiger charge is 2.22. The molecule has 0 aliphatic heterocycles. The van der Waals surface area contributed by atoms with Gasteiger partial charge in [-0.15, -0.1) is 0 Å². The molecule has 1 N–H and O–H groups in total. The molecule has 13 heavy (non-hydrogen) atoms. The second-order valence-corrected chi connectivity index (χ2v) is 5.36. The Labute approximate surface area is 78.8 Å². The van der Waals surface area contributed by atoms with Gasteiger partial charge in [0.1, 0.15) is 5.78 Å². The predicted octanol–water partition coefficient (Wildman–Crippen LogP) is 0.295. The maximum Gasteiger partial charge on any atom is 0.208 e. The van der Waals surface area contributed by atoms with Crippen LogP contribution in [0.25, 0.3) is 0 Å². The van der Waals surface area contributed by atoms with Crippen molar-refractivity contribution in [2.75, 3.05) is 12.8 Å². The summed E-state index contributed by atoms with van der Waals surface area (Å²) in [4.78, 5) is 11.3. The first kappa shape index (κ1) is 10.7. The number of rotatable bonds is 3. The summed E-state index contributed by atoms with van der Waals surface area (Å²) >= 11 is 0. The topological polar surface area (TPSA) is 63.2 Å². The number of ketones is 1. The van der Waals surface area contributed by atoms with Gasteiger partial charge in [-0.2, -0.15) is 0 Å². The molecule has 1 saturated carbocycles. The third kappa shape index (κ3) is 3.87. The first-order valence-corrected chi connectivity index (χ1v) is 6.35. The van der Waals surface area contributed by atoms with Crippen LogP contribution >= 0.6 is 0 Å². The predicted molar refractivity (Wildman–Crippen MR) is 49.8 cm³/mol. The smallest absolute Gasteiger partial charge is 0.208 e. The number of hydrogen-bond donors (Lipinski definition) is 1. The second-order valence-electron chi connectivity index (χ2n) is 3.53. The zero-order valence-corrected chi connectivity index (χ0v) is 8.56. The third-order valence-corrected chi connectivity index (χ3v) is 2.96. The summed E-state index contributed by atoms with van der Waals surface area (Å²) in [6.07, 6.45) is 4.52. The fourth-order valence-electron chi connectivity index (χ4n) is 1.52. The van der Waals surface area contributed by atoms with E-state index in [0.717, 1.165) is 25.5 Å². The maximum atomic E-state index is 11.3. The van der Waals surface area contributed by atoms with E-state index in [2.05, 4.69) is 4.72 Å². The van der Waals surface area contributed by atoms with Crippen molar-refractivity contribution in [3.8, 4) is 0 Å². The third-order valence-electron chi connectivity index (χ3n) is 2.27. The molecule has 0 aromatic heterocycles. The van der Waals surface area contributed by atoms with Crippen LogP contribution in [0.1, 0.15) is 25.7 Å².